The number of hydrogen-bond acceptors (Lipinski definition) is 6. The summed E-state index contributed by atoms with van der Waals surface area (Å²) in [6.07, 6.45) is 0. The van der Waals surface area contributed by atoms with Crippen molar-refractivity contribution in [1.29, 1.82) is 0 Å². The van der Waals surface area contributed by atoms with Crippen molar-refractivity contribution in [2.24, 2.45) is 0 Å². The van der Waals surface area contributed by atoms with Crippen molar-refractivity contribution in [3.05, 3.63) is 170 Å². The minimum Gasteiger partial charge on any atom is -0.436 e. The molecule has 3 aromatic heterocycles. The zero-order valence-corrected chi connectivity index (χ0v) is 27.8. The van der Waals surface area contributed by atoms with Crippen LogP contribution in [0.25, 0.3) is 101 Å². The van der Waals surface area contributed by atoms with E-state index < -0.39 is 0 Å². The first kappa shape index (κ1) is 29.7. The molecular weight excluding hydrogens is 641 g/mol. The molecular formula is C46H28N4O2. The third-order valence-electron chi connectivity index (χ3n) is 9.41. The van der Waals surface area contributed by atoms with Crippen LogP contribution in [0.5, 0.6) is 0 Å². The predicted molar refractivity (Wildman–Crippen MR) is 207 cm³/mol. The van der Waals surface area contributed by atoms with E-state index in [2.05, 4.69) is 94.9 Å². The van der Waals surface area contributed by atoms with Gasteiger partial charge in [-0.1, -0.05) is 115 Å². The Morgan fingerprint density at radius 2 is 0.808 bits per heavy atom. The quantitative estimate of drug-likeness (QED) is 0.175. The zero-order chi connectivity index (χ0) is 34.4. The molecule has 0 saturated carbocycles. The Morgan fingerprint density at radius 1 is 0.346 bits per heavy atom. The lowest BCUT2D eigenvalue weighted by Crippen LogP contribution is -1.96. The van der Waals surface area contributed by atoms with Crippen LogP contribution in [0.3, 0.4) is 0 Å². The highest BCUT2D eigenvalue weighted by Gasteiger charge is 2.15. The summed E-state index contributed by atoms with van der Waals surface area (Å²) < 4.78 is 12.1. The molecule has 7 aromatic carbocycles. The van der Waals surface area contributed by atoms with E-state index in [4.69, 9.17) is 18.8 Å². The van der Waals surface area contributed by atoms with E-state index >= 15 is 0 Å². The molecule has 0 fully saturated rings. The van der Waals surface area contributed by atoms with Crippen molar-refractivity contribution in [1.82, 2.24) is 19.9 Å². The fraction of sp³-hybridized carbons (Fsp3) is 0. The minimum atomic E-state index is 0.577. The maximum atomic E-state index is 6.03. The van der Waals surface area contributed by atoms with Gasteiger partial charge in [-0.15, -0.1) is 0 Å². The first-order valence-corrected chi connectivity index (χ1v) is 17.1. The lowest BCUT2D eigenvalue weighted by atomic mass is 9.97. The van der Waals surface area contributed by atoms with E-state index in [-0.39, 0.29) is 0 Å². The van der Waals surface area contributed by atoms with Crippen LogP contribution in [0, 0.1) is 0 Å². The third-order valence-corrected chi connectivity index (χ3v) is 9.41. The van der Waals surface area contributed by atoms with Gasteiger partial charge in [0.05, 0.1) is 11.4 Å². The van der Waals surface area contributed by atoms with Gasteiger partial charge in [0.1, 0.15) is 11.0 Å². The van der Waals surface area contributed by atoms with E-state index in [1.54, 1.807) is 0 Å². The van der Waals surface area contributed by atoms with Crippen molar-refractivity contribution in [3.8, 4) is 67.9 Å². The molecule has 0 N–H and O–H groups in total. The minimum absolute atomic E-state index is 0.577. The van der Waals surface area contributed by atoms with Crippen molar-refractivity contribution in [2.75, 3.05) is 0 Å². The Hall–Kier alpha value is -7.18. The lowest BCUT2D eigenvalue weighted by molar-refractivity contribution is 0.619. The topological polar surface area (TPSA) is 77.8 Å². The summed E-state index contributed by atoms with van der Waals surface area (Å²) in [6, 6.07) is 57.4. The summed E-state index contributed by atoms with van der Waals surface area (Å²) >= 11 is 0. The fourth-order valence-corrected chi connectivity index (χ4v) is 6.71. The second-order valence-corrected chi connectivity index (χ2v) is 12.7. The molecule has 0 radical (unpaired) electrons. The molecule has 0 unspecified atom stereocenters. The first-order chi connectivity index (χ1) is 25.7. The summed E-state index contributed by atoms with van der Waals surface area (Å²) in [5, 5.41) is 2.45. The van der Waals surface area contributed by atoms with Gasteiger partial charge in [0, 0.05) is 27.8 Å². The molecule has 0 atom stereocenters. The summed E-state index contributed by atoms with van der Waals surface area (Å²) in [5.74, 6) is 1.79. The number of benzene rings is 7. The van der Waals surface area contributed by atoms with E-state index in [1.165, 1.54) is 16.3 Å². The number of rotatable bonds is 6. The molecule has 0 aliphatic heterocycles. The van der Waals surface area contributed by atoms with E-state index in [1.807, 2.05) is 84.9 Å². The molecule has 6 heteroatoms. The molecule has 244 valence electrons. The predicted octanol–water partition coefficient (Wildman–Crippen LogP) is 11.9. The average molecular weight is 669 g/mol. The van der Waals surface area contributed by atoms with Gasteiger partial charge in [-0.25, -0.2) is 19.9 Å². The van der Waals surface area contributed by atoms with Crippen LogP contribution >= 0.6 is 0 Å². The van der Waals surface area contributed by atoms with Gasteiger partial charge in [-0.2, -0.15) is 0 Å². The van der Waals surface area contributed by atoms with Crippen molar-refractivity contribution in [3.63, 3.8) is 0 Å². The van der Waals surface area contributed by atoms with Gasteiger partial charge in [0.2, 0.25) is 11.8 Å². The van der Waals surface area contributed by atoms with Gasteiger partial charge in [-0.05, 0) is 76.5 Å². The van der Waals surface area contributed by atoms with Crippen LogP contribution < -0.4 is 0 Å². The third kappa shape index (κ3) is 5.39. The van der Waals surface area contributed by atoms with Gasteiger partial charge < -0.3 is 8.83 Å². The van der Waals surface area contributed by atoms with Crippen LogP contribution in [0.4, 0.5) is 0 Å². The Labute approximate surface area is 298 Å². The largest absolute Gasteiger partial charge is 0.436 e. The molecule has 0 aliphatic rings. The van der Waals surface area contributed by atoms with Gasteiger partial charge in [-0.3, -0.25) is 0 Å². The monoisotopic (exact) mass is 668 g/mol. The molecule has 0 spiro atoms. The number of nitrogens with zero attached hydrogens (tertiary/aromatic N) is 4. The maximum Gasteiger partial charge on any atom is 0.227 e. The zero-order valence-electron chi connectivity index (χ0n) is 27.8. The van der Waals surface area contributed by atoms with E-state index in [0.717, 1.165) is 67.0 Å². The van der Waals surface area contributed by atoms with Crippen LogP contribution in [-0.4, -0.2) is 19.9 Å². The summed E-state index contributed by atoms with van der Waals surface area (Å²) in [4.78, 5) is 19.5. The van der Waals surface area contributed by atoms with Crippen LogP contribution in [-0.2, 0) is 0 Å². The van der Waals surface area contributed by atoms with Gasteiger partial charge in [0.25, 0.3) is 0 Å². The van der Waals surface area contributed by atoms with Crippen LogP contribution in [0.15, 0.2) is 179 Å². The SMILES string of the molecule is c1ccc2c(-c3ccc(-c4cc(-c5ccc(-c6nc7ccccc7o6)cc5)nc(-c5ccc(-c6nc7ccccc7o6)cc5)n4)cc3)cccc2c1. The van der Waals surface area contributed by atoms with E-state index in [9.17, 15) is 0 Å². The highest BCUT2D eigenvalue weighted by Crippen LogP contribution is 2.34. The fourth-order valence-electron chi connectivity index (χ4n) is 6.71. The molecule has 52 heavy (non-hydrogen) atoms. The highest BCUT2D eigenvalue weighted by atomic mass is 16.4. The Kier molecular flexibility index (Phi) is 7.03. The lowest BCUT2D eigenvalue weighted by Gasteiger charge is -2.11. The molecule has 0 amide bonds. The summed E-state index contributed by atoms with van der Waals surface area (Å²) in [6.45, 7) is 0. The molecule has 10 aromatic rings. The number of fused-ring (bicyclic) bond motifs is 3. The Balaban J connectivity index is 1.04. The highest BCUT2D eigenvalue weighted by molar-refractivity contribution is 5.97. The van der Waals surface area contributed by atoms with Gasteiger partial charge >= 0.3 is 0 Å². The van der Waals surface area contributed by atoms with Crippen molar-refractivity contribution >= 4 is 33.0 Å². The molecule has 6 nitrogen and oxygen atoms in total. The molecule has 3 heterocycles. The second-order valence-electron chi connectivity index (χ2n) is 12.7. The molecule has 0 saturated heterocycles. The molecule has 0 bridgehead atoms. The van der Waals surface area contributed by atoms with E-state index in [0.29, 0.717) is 17.6 Å². The number of para-hydroxylation sites is 4. The standard InChI is InChI=1S/C46H28N4O2/c1-2-10-36-29(8-1)9-7-11-37(36)30-16-18-31(19-17-30)40-28-41(32-20-24-34(25-21-32)45-49-38-12-3-5-14-42(38)51-45)48-44(47-40)33-22-26-35(27-23-33)46-50-39-13-4-6-15-43(39)52-46/h1-28H. The van der Waals surface area contributed by atoms with Crippen molar-refractivity contribution in [2.45, 2.75) is 0 Å². The Morgan fingerprint density at radius 3 is 1.38 bits per heavy atom. The number of aromatic nitrogens is 4. The maximum absolute atomic E-state index is 6.03. The van der Waals surface area contributed by atoms with Crippen LogP contribution in [0.1, 0.15) is 0 Å². The second kappa shape index (κ2) is 12.3. The summed E-state index contributed by atoms with van der Waals surface area (Å²) in [7, 11) is 0. The first-order valence-electron chi connectivity index (χ1n) is 17.1. The number of oxazole rings is 2. The average Bonchev–Trinajstić information content (AvgIpc) is 3.86. The number of hydrogen-bond donors (Lipinski definition) is 0. The summed E-state index contributed by atoms with van der Waals surface area (Å²) in [5.41, 5.74) is 11.8. The van der Waals surface area contributed by atoms with Crippen molar-refractivity contribution < 1.29 is 8.83 Å². The molecule has 0 aliphatic carbocycles. The Bertz CT molecular complexity index is 2680. The molecule has 10 rings (SSSR count). The smallest absolute Gasteiger partial charge is 0.227 e. The van der Waals surface area contributed by atoms with Gasteiger partial charge in [0.15, 0.2) is 17.0 Å². The van der Waals surface area contributed by atoms with Crippen LogP contribution in [0.2, 0.25) is 0 Å². The normalized spacial score (nSPS) is 11.5.